The lowest BCUT2D eigenvalue weighted by Crippen LogP contribution is -2.31. The van der Waals surface area contributed by atoms with E-state index in [1.807, 2.05) is 19.4 Å². The van der Waals surface area contributed by atoms with Crippen LogP contribution in [0.25, 0.3) is 0 Å². The number of imidazole rings is 1. The van der Waals surface area contributed by atoms with Crippen LogP contribution in [0.1, 0.15) is 12.0 Å². The Morgan fingerprint density at radius 2 is 1.91 bits per heavy atom. The van der Waals surface area contributed by atoms with Gasteiger partial charge in [-0.25, -0.2) is 4.98 Å². The number of ether oxygens (including phenoxy) is 3. The molecule has 1 atom stereocenters. The quantitative estimate of drug-likeness (QED) is 0.481. The third-order valence-corrected chi connectivity index (χ3v) is 3.38. The van der Waals surface area contributed by atoms with E-state index in [0.29, 0.717) is 39.6 Å². The summed E-state index contributed by atoms with van der Waals surface area (Å²) in [7, 11) is 2.03. The second-order valence-corrected chi connectivity index (χ2v) is 5.03. The zero-order valence-electron chi connectivity index (χ0n) is 13.5. The summed E-state index contributed by atoms with van der Waals surface area (Å²) in [4.78, 5) is 11.8. The topological polar surface area (TPSA) is 62.9 Å². The Balaban J connectivity index is 1.54. The van der Waals surface area contributed by atoms with Gasteiger partial charge < -0.3 is 29.0 Å². The van der Waals surface area contributed by atoms with E-state index in [1.165, 1.54) is 0 Å². The molecule has 0 saturated heterocycles. The summed E-state index contributed by atoms with van der Waals surface area (Å²) < 4.78 is 16.1. The molecule has 7 nitrogen and oxygen atoms in total. The minimum absolute atomic E-state index is 0.0955. The molecule has 0 spiro atoms. The summed E-state index contributed by atoms with van der Waals surface area (Å²) in [5.41, 5.74) is 0. The lowest BCUT2D eigenvalue weighted by Gasteiger charge is -2.28. The highest BCUT2D eigenvalue weighted by Gasteiger charge is 2.26. The molecule has 1 aliphatic heterocycles. The van der Waals surface area contributed by atoms with Gasteiger partial charge in [0, 0.05) is 38.4 Å². The van der Waals surface area contributed by atoms with E-state index < -0.39 is 0 Å². The van der Waals surface area contributed by atoms with Crippen LogP contribution >= 0.6 is 0 Å². The molecule has 0 fully saturated rings. The molecule has 2 heterocycles. The van der Waals surface area contributed by atoms with Crippen molar-refractivity contribution < 1.29 is 14.2 Å². The maximum atomic E-state index is 5.60. The van der Waals surface area contributed by atoms with Crippen LogP contribution in [0, 0.1) is 12.3 Å². The summed E-state index contributed by atoms with van der Waals surface area (Å²) in [6, 6.07) is 0. The molecule has 0 amide bonds. The highest BCUT2D eigenvalue weighted by molar-refractivity contribution is 5.05. The van der Waals surface area contributed by atoms with Gasteiger partial charge in [0.25, 0.3) is 0 Å². The minimum atomic E-state index is 0.0955. The van der Waals surface area contributed by atoms with E-state index in [9.17, 15) is 0 Å². The highest BCUT2D eigenvalue weighted by atomic mass is 16.5. The maximum absolute atomic E-state index is 5.60. The number of rotatable bonds is 11. The molecule has 1 aromatic heterocycles. The molecule has 2 rings (SSSR count). The fourth-order valence-corrected chi connectivity index (χ4v) is 2.29. The van der Waals surface area contributed by atoms with Gasteiger partial charge in [-0.2, -0.15) is 0 Å². The summed E-state index contributed by atoms with van der Waals surface area (Å²) in [6.45, 7) is 3.91. The van der Waals surface area contributed by atoms with E-state index in [1.54, 1.807) is 6.20 Å². The van der Waals surface area contributed by atoms with Crippen molar-refractivity contribution >= 4 is 0 Å². The molecule has 0 saturated carbocycles. The number of nitrogens with one attached hydrogen (secondary N) is 1. The van der Waals surface area contributed by atoms with Gasteiger partial charge in [0.15, 0.2) is 6.17 Å². The Bertz CT molecular complexity index is 498. The Morgan fingerprint density at radius 3 is 2.61 bits per heavy atom. The normalized spacial score (nSPS) is 17.0. The first kappa shape index (κ1) is 17.3. The molecule has 0 aromatic carbocycles. The summed E-state index contributed by atoms with van der Waals surface area (Å²) in [6.07, 6.45) is 12.9. The molecule has 0 aliphatic carbocycles. The van der Waals surface area contributed by atoms with Crippen LogP contribution in [-0.2, 0) is 14.2 Å². The third-order valence-electron chi connectivity index (χ3n) is 3.38. The molecule has 1 aromatic rings. The van der Waals surface area contributed by atoms with Crippen molar-refractivity contribution in [2.45, 2.75) is 6.17 Å². The number of aromatic nitrogens is 2. The predicted molar refractivity (Wildman–Crippen MR) is 86.2 cm³/mol. The van der Waals surface area contributed by atoms with E-state index in [4.69, 9.17) is 20.6 Å². The zero-order chi connectivity index (χ0) is 16.3. The van der Waals surface area contributed by atoms with Gasteiger partial charge in [-0.15, -0.1) is 6.42 Å². The molecule has 23 heavy (non-hydrogen) atoms. The van der Waals surface area contributed by atoms with Crippen molar-refractivity contribution in [3.8, 4) is 12.3 Å². The van der Waals surface area contributed by atoms with Gasteiger partial charge in [-0.1, -0.05) is 5.92 Å². The zero-order valence-corrected chi connectivity index (χ0v) is 13.5. The van der Waals surface area contributed by atoms with Crippen LogP contribution in [-0.4, -0.2) is 73.0 Å². The fraction of sp³-hybridized carbons (Fsp3) is 0.562. The van der Waals surface area contributed by atoms with Crippen LogP contribution in [0.2, 0.25) is 0 Å². The minimum Gasteiger partial charge on any atom is -0.377 e. The van der Waals surface area contributed by atoms with Crippen molar-refractivity contribution in [1.82, 2.24) is 19.8 Å². The van der Waals surface area contributed by atoms with Gasteiger partial charge in [-0.05, 0) is 0 Å². The Morgan fingerprint density at radius 1 is 1.17 bits per heavy atom. The van der Waals surface area contributed by atoms with Crippen LogP contribution in [0.3, 0.4) is 0 Å². The molecule has 0 radical (unpaired) electrons. The lowest BCUT2D eigenvalue weighted by molar-refractivity contribution is 0.0139. The second-order valence-electron chi connectivity index (χ2n) is 5.03. The average molecular weight is 320 g/mol. The van der Waals surface area contributed by atoms with Crippen LogP contribution in [0.5, 0.6) is 0 Å². The fourth-order valence-electron chi connectivity index (χ4n) is 2.29. The van der Waals surface area contributed by atoms with E-state index in [0.717, 1.165) is 12.4 Å². The van der Waals surface area contributed by atoms with Gasteiger partial charge in [-0.3, -0.25) is 0 Å². The smallest absolute Gasteiger partial charge is 0.161 e. The van der Waals surface area contributed by atoms with E-state index >= 15 is 0 Å². The molecule has 7 heteroatoms. The third kappa shape index (κ3) is 5.60. The lowest BCUT2D eigenvalue weighted by atomic mass is 10.4. The van der Waals surface area contributed by atoms with Crippen molar-refractivity contribution in [3.63, 3.8) is 0 Å². The SMILES string of the molecule is C#CCOCCOCCOCCN1C=CN(C)C1c1ncc[nH]1. The first-order valence-electron chi connectivity index (χ1n) is 7.65. The van der Waals surface area contributed by atoms with Gasteiger partial charge in [0.05, 0.1) is 33.0 Å². The standard InChI is InChI=1S/C16H24N4O3/c1-3-9-21-11-13-23-14-12-22-10-8-20-7-6-19(2)16(20)15-17-4-5-18-15/h1,4-7,16H,8-14H2,2H3,(H,17,18). The number of aromatic amines is 1. The summed E-state index contributed by atoms with van der Waals surface area (Å²) in [5.74, 6) is 3.33. The number of hydrogen-bond donors (Lipinski definition) is 1. The number of hydrogen-bond acceptors (Lipinski definition) is 6. The molecule has 1 unspecified atom stereocenters. The summed E-state index contributed by atoms with van der Waals surface area (Å²) in [5, 5.41) is 0. The van der Waals surface area contributed by atoms with Crippen molar-refractivity contribution in [3.05, 3.63) is 30.6 Å². The second kappa shape index (κ2) is 9.90. The number of nitrogens with zero attached hydrogens (tertiary/aromatic N) is 3. The van der Waals surface area contributed by atoms with E-state index in [2.05, 4.69) is 31.9 Å². The van der Waals surface area contributed by atoms with Crippen LogP contribution in [0.15, 0.2) is 24.8 Å². The Kier molecular flexibility index (Phi) is 7.46. The van der Waals surface area contributed by atoms with Gasteiger partial charge >= 0.3 is 0 Å². The largest absolute Gasteiger partial charge is 0.377 e. The molecular weight excluding hydrogens is 296 g/mol. The maximum Gasteiger partial charge on any atom is 0.161 e. The first-order chi connectivity index (χ1) is 11.3. The molecule has 0 bridgehead atoms. The Hall–Kier alpha value is -2.01. The number of H-pyrrole nitrogens is 1. The van der Waals surface area contributed by atoms with Crippen molar-refractivity contribution in [2.24, 2.45) is 0 Å². The predicted octanol–water partition coefficient (Wildman–Crippen LogP) is 0.810. The van der Waals surface area contributed by atoms with Crippen LogP contribution < -0.4 is 0 Å². The van der Waals surface area contributed by atoms with Crippen molar-refractivity contribution in [1.29, 1.82) is 0 Å². The average Bonchev–Trinajstić information content (AvgIpc) is 3.18. The number of terminal acetylenes is 1. The van der Waals surface area contributed by atoms with Crippen LogP contribution in [0.4, 0.5) is 0 Å². The molecule has 1 aliphatic rings. The highest BCUT2D eigenvalue weighted by Crippen LogP contribution is 2.26. The van der Waals surface area contributed by atoms with Gasteiger partial charge in [0.1, 0.15) is 12.4 Å². The van der Waals surface area contributed by atoms with E-state index in [-0.39, 0.29) is 6.17 Å². The molecule has 1 N–H and O–H groups in total. The van der Waals surface area contributed by atoms with Gasteiger partial charge in [0.2, 0.25) is 0 Å². The first-order valence-corrected chi connectivity index (χ1v) is 7.65. The monoisotopic (exact) mass is 320 g/mol. The molecular formula is C16H24N4O3. The molecule has 126 valence electrons. The Labute approximate surface area is 137 Å². The van der Waals surface area contributed by atoms with Crippen molar-refractivity contribution in [2.75, 3.05) is 53.2 Å². The summed E-state index contributed by atoms with van der Waals surface area (Å²) >= 11 is 0.